The van der Waals surface area contributed by atoms with Gasteiger partial charge in [0.05, 0.1) is 6.42 Å². The average molecular weight is 324 g/mol. The molecule has 7 heteroatoms. The van der Waals surface area contributed by atoms with Gasteiger partial charge in [-0.1, -0.05) is 6.92 Å². The summed E-state index contributed by atoms with van der Waals surface area (Å²) in [5, 5.41) is 5.49. The lowest BCUT2D eigenvalue weighted by Crippen LogP contribution is -2.51. The van der Waals surface area contributed by atoms with Crippen molar-refractivity contribution in [2.45, 2.75) is 58.0 Å². The number of rotatable bonds is 7. The molecule has 0 aromatic carbocycles. The summed E-state index contributed by atoms with van der Waals surface area (Å²) in [6, 6.07) is -1.13. The monoisotopic (exact) mass is 324 g/mol. The molecule has 0 aromatic rings. The molecule has 4 amide bonds. The highest BCUT2D eigenvalue weighted by Gasteiger charge is 2.38. The second-order valence-corrected chi connectivity index (χ2v) is 6.98. The van der Waals surface area contributed by atoms with E-state index in [0.29, 0.717) is 19.5 Å². The second kappa shape index (κ2) is 7.29. The van der Waals surface area contributed by atoms with Crippen LogP contribution in [0.4, 0.5) is 4.79 Å². The van der Waals surface area contributed by atoms with E-state index in [4.69, 9.17) is 0 Å². The number of likely N-dealkylation sites (tertiary alicyclic amines) is 1. The SMILES string of the molecule is CCCN1C(=O)NC(CC(=O)NCC(C)(C)N2CCCC2)C1=O. The fourth-order valence-electron chi connectivity index (χ4n) is 3.16. The van der Waals surface area contributed by atoms with E-state index < -0.39 is 12.1 Å². The predicted molar refractivity (Wildman–Crippen MR) is 86.8 cm³/mol. The Morgan fingerprint density at radius 1 is 1.30 bits per heavy atom. The third kappa shape index (κ3) is 4.22. The largest absolute Gasteiger partial charge is 0.354 e. The second-order valence-electron chi connectivity index (χ2n) is 6.98. The van der Waals surface area contributed by atoms with Gasteiger partial charge in [-0.05, 0) is 46.2 Å². The number of urea groups is 1. The number of hydrogen-bond acceptors (Lipinski definition) is 4. The van der Waals surface area contributed by atoms with E-state index in [9.17, 15) is 14.4 Å². The molecule has 2 aliphatic heterocycles. The fraction of sp³-hybridized carbons (Fsp3) is 0.812. The Balaban J connectivity index is 1.81. The number of carbonyl (C=O) groups excluding carboxylic acids is 3. The van der Waals surface area contributed by atoms with E-state index in [-0.39, 0.29) is 23.8 Å². The van der Waals surface area contributed by atoms with Crippen molar-refractivity contribution in [1.29, 1.82) is 0 Å². The molecule has 0 spiro atoms. The molecule has 2 rings (SSSR count). The average Bonchev–Trinajstić information content (AvgIpc) is 3.11. The van der Waals surface area contributed by atoms with Gasteiger partial charge in [0.25, 0.3) is 5.91 Å². The van der Waals surface area contributed by atoms with Crippen molar-refractivity contribution in [3.05, 3.63) is 0 Å². The standard InChI is InChI=1S/C16H28N4O3/c1-4-7-20-14(22)12(18-15(20)23)10-13(21)17-11-16(2,3)19-8-5-6-9-19/h12H,4-11H2,1-3H3,(H,17,21)(H,18,23). The van der Waals surface area contributed by atoms with Crippen molar-refractivity contribution < 1.29 is 14.4 Å². The molecule has 7 nitrogen and oxygen atoms in total. The molecule has 2 N–H and O–H groups in total. The van der Waals surface area contributed by atoms with Crippen molar-refractivity contribution >= 4 is 17.8 Å². The van der Waals surface area contributed by atoms with E-state index in [1.807, 2.05) is 6.92 Å². The van der Waals surface area contributed by atoms with E-state index in [0.717, 1.165) is 13.1 Å². The first-order chi connectivity index (χ1) is 10.8. The first-order valence-electron chi connectivity index (χ1n) is 8.49. The highest BCUT2D eigenvalue weighted by Crippen LogP contribution is 2.20. The van der Waals surface area contributed by atoms with Crippen LogP contribution in [0.3, 0.4) is 0 Å². The first kappa shape index (κ1) is 17.7. The van der Waals surface area contributed by atoms with Crippen molar-refractivity contribution in [3.8, 4) is 0 Å². The van der Waals surface area contributed by atoms with Gasteiger partial charge in [0, 0.05) is 18.6 Å². The summed E-state index contributed by atoms with van der Waals surface area (Å²) in [5.74, 6) is -0.500. The first-order valence-corrected chi connectivity index (χ1v) is 8.49. The zero-order valence-corrected chi connectivity index (χ0v) is 14.4. The molecule has 2 fully saturated rings. The number of nitrogens with one attached hydrogen (secondary N) is 2. The number of carbonyl (C=O) groups is 3. The maximum Gasteiger partial charge on any atom is 0.324 e. The zero-order chi connectivity index (χ0) is 17.0. The van der Waals surface area contributed by atoms with Crippen LogP contribution in [0.2, 0.25) is 0 Å². The highest BCUT2D eigenvalue weighted by molar-refractivity contribution is 6.05. The van der Waals surface area contributed by atoms with Crippen LogP contribution < -0.4 is 10.6 Å². The normalized spacial score (nSPS) is 22.6. The number of hydrogen-bond donors (Lipinski definition) is 2. The molecular formula is C16H28N4O3. The van der Waals surface area contributed by atoms with Crippen LogP contribution in [0.15, 0.2) is 0 Å². The molecule has 0 radical (unpaired) electrons. The van der Waals surface area contributed by atoms with E-state index in [2.05, 4.69) is 29.4 Å². The number of amides is 4. The highest BCUT2D eigenvalue weighted by atomic mass is 16.2. The number of imide groups is 1. The summed E-state index contributed by atoms with van der Waals surface area (Å²) in [5.41, 5.74) is -0.0939. The summed E-state index contributed by atoms with van der Waals surface area (Å²) in [6.07, 6.45) is 3.11. The Hall–Kier alpha value is -1.63. The molecule has 2 saturated heterocycles. The van der Waals surface area contributed by atoms with Crippen molar-refractivity contribution in [1.82, 2.24) is 20.4 Å². The maximum atomic E-state index is 12.1. The predicted octanol–water partition coefficient (Wildman–Crippen LogP) is 0.698. The van der Waals surface area contributed by atoms with Gasteiger partial charge in [-0.3, -0.25) is 19.4 Å². The molecule has 0 aliphatic carbocycles. The Kier molecular flexibility index (Phi) is 5.62. The molecule has 130 valence electrons. The summed E-state index contributed by atoms with van der Waals surface area (Å²) in [4.78, 5) is 39.5. The summed E-state index contributed by atoms with van der Waals surface area (Å²) >= 11 is 0. The number of nitrogens with zero attached hydrogens (tertiary/aromatic N) is 2. The van der Waals surface area contributed by atoms with Gasteiger partial charge in [0.15, 0.2) is 0 Å². The Morgan fingerprint density at radius 2 is 1.96 bits per heavy atom. The van der Waals surface area contributed by atoms with Gasteiger partial charge in [0.1, 0.15) is 6.04 Å². The molecule has 23 heavy (non-hydrogen) atoms. The van der Waals surface area contributed by atoms with Crippen LogP contribution in [0, 0.1) is 0 Å². The maximum absolute atomic E-state index is 12.1. The van der Waals surface area contributed by atoms with Gasteiger partial charge in [-0.25, -0.2) is 4.79 Å². The van der Waals surface area contributed by atoms with Gasteiger partial charge in [-0.15, -0.1) is 0 Å². The van der Waals surface area contributed by atoms with E-state index in [1.165, 1.54) is 17.7 Å². The summed E-state index contributed by atoms with van der Waals surface area (Å²) < 4.78 is 0. The van der Waals surface area contributed by atoms with Gasteiger partial charge in [-0.2, -0.15) is 0 Å². The molecule has 0 aromatic heterocycles. The lowest BCUT2D eigenvalue weighted by Gasteiger charge is -2.35. The smallest absolute Gasteiger partial charge is 0.324 e. The van der Waals surface area contributed by atoms with Gasteiger partial charge in [0.2, 0.25) is 5.91 Å². The van der Waals surface area contributed by atoms with Crippen LogP contribution in [0.1, 0.15) is 46.5 Å². The van der Waals surface area contributed by atoms with E-state index >= 15 is 0 Å². The molecule has 2 aliphatic rings. The lowest BCUT2D eigenvalue weighted by molar-refractivity contribution is -0.131. The van der Waals surface area contributed by atoms with Crippen molar-refractivity contribution in [2.24, 2.45) is 0 Å². The van der Waals surface area contributed by atoms with Crippen molar-refractivity contribution in [3.63, 3.8) is 0 Å². The topological polar surface area (TPSA) is 81.8 Å². The van der Waals surface area contributed by atoms with Crippen LogP contribution in [-0.2, 0) is 9.59 Å². The minimum atomic E-state index is -0.732. The fourth-order valence-corrected chi connectivity index (χ4v) is 3.16. The molecule has 2 heterocycles. The zero-order valence-electron chi connectivity index (χ0n) is 14.4. The molecule has 1 unspecified atom stereocenters. The third-order valence-corrected chi connectivity index (χ3v) is 4.62. The van der Waals surface area contributed by atoms with Crippen molar-refractivity contribution in [2.75, 3.05) is 26.2 Å². The minimum absolute atomic E-state index is 0.000861. The third-order valence-electron chi connectivity index (χ3n) is 4.62. The van der Waals surface area contributed by atoms with Gasteiger partial charge >= 0.3 is 6.03 Å². The van der Waals surface area contributed by atoms with Crippen LogP contribution in [0.25, 0.3) is 0 Å². The van der Waals surface area contributed by atoms with Crippen LogP contribution in [-0.4, -0.2) is 65.4 Å². The molecule has 0 bridgehead atoms. The molecular weight excluding hydrogens is 296 g/mol. The van der Waals surface area contributed by atoms with Crippen LogP contribution in [0.5, 0.6) is 0 Å². The summed E-state index contributed by atoms with van der Waals surface area (Å²) in [7, 11) is 0. The van der Waals surface area contributed by atoms with Gasteiger partial charge < -0.3 is 10.6 Å². The summed E-state index contributed by atoms with van der Waals surface area (Å²) in [6.45, 7) is 9.19. The lowest BCUT2D eigenvalue weighted by atomic mass is 10.0. The van der Waals surface area contributed by atoms with Crippen LogP contribution >= 0.6 is 0 Å². The Morgan fingerprint density at radius 3 is 2.57 bits per heavy atom. The molecule has 1 atom stereocenters. The Bertz CT molecular complexity index is 472. The minimum Gasteiger partial charge on any atom is -0.354 e. The Labute approximate surface area is 137 Å². The van der Waals surface area contributed by atoms with E-state index in [1.54, 1.807) is 0 Å². The molecule has 0 saturated carbocycles. The quantitative estimate of drug-likeness (QED) is 0.675.